The predicted octanol–water partition coefficient (Wildman–Crippen LogP) is 6.60. The van der Waals surface area contributed by atoms with Crippen LogP contribution in [0.25, 0.3) is 0 Å². The van der Waals surface area contributed by atoms with Gasteiger partial charge in [-0.25, -0.2) is 9.59 Å². The molecular formula is C33H32O6. The van der Waals surface area contributed by atoms with Crippen molar-refractivity contribution in [2.24, 2.45) is 0 Å². The highest BCUT2D eigenvalue weighted by molar-refractivity contribution is 5.74. The van der Waals surface area contributed by atoms with Crippen molar-refractivity contribution in [2.45, 2.75) is 33.1 Å². The van der Waals surface area contributed by atoms with Gasteiger partial charge >= 0.3 is 11.9 Å². The molecule has 4 rings (SSSR count). The van der Waals surface area contributed by atoms with Gasteiger partial charge in [-0.1, -0.05) is 74.5 Å². The molecule has 0 amide bonds. The van der Waals surface area contributed by atoms with E-state index in [1.54, 1.807) is 24.3 Å². The van der Waals surface area contributed by atoms with Gasteiger partial charge in [0.2, 0.25) is 0 Å². The predicted molar refractivity (Wildman–Crippen MR) is 150 cm³/mol. The summed E-state index contributed by atoms with van der Waals surface area (Å²) in [5.74, 6) is 1.26. The molecule has 0 fully saturated rings. The Hall–Kier alpha value is -4.58. The first kappa shape index (κ1) is 27.5. The molecule has 0 aromatic heterocycles. The number of carbonyl (C=O) groups is 2. The van der Waals surface area contributed by atoms with Gasteiger partial charge in [0.15, 0.2) is 13.2 Å². The van der Waals surface area contributed by atoms with E-state index in [4.69, 9.17) is 18.9 Å². The maximum atomic E-state index is 12.2. The van der Waals surface area contributed by atoms with Gasteiger partial charge in [-0.15, -0.1) is 0 Å². The molecule has 200 valence electrons. The van der Waals surface area contributed by atoms with Gasteiger partial charge in [0.05, 0.1) is 0 Å². The summed E-state index contributed by atoms with van der Waals surface area (Å²) in [5.41, 5.74) is 3.64. The number of carbonyl (C=O) groups excluding carboxylic acids is 2. The van der Waals surface area contributed by atoms with Gasteiger partial charge in [-0.3, -0.25) is 0 Å². The monoisotopic (exact) mass is 524 g/mol. The van der Waals surface area contributed by atoms with Crippen LogP contribution in [-0.2, 0) is 15.0 Å². The Morgan fingerprint density at radius 1 is 0.564 bits per heavy atom. The fourth-order valence-electron chi connectivity index (χ4n) is 4.08. The highest BCUT2D eigenvalue weighted by atomic mass is 16.6. The van der Waals surface area contributed by atoms with Crippen LogP contribution in [0.15, 0.2) is 97.1 Å². The second kappa shape index (κ2) is 12.3. The van der Waals surface area contributed by atoms with Crippen molar-refractivity contribution in [3.05, 3.63) is 119 Å². The van der Waals surface area contributed by atoms with Gasteiger partial charge in [0, 0.05) is 5.41 Å². The Bertz CT molecular complexity index is 1310. The van der Waals surface area contributed by atoms with E-state index in [-0.39, 0.29) is 18.6 Å². The van der Waals surface area contributed by atoms with Crippen LogP contribution in [0.2, 0.25) is 0 Å². The molecular weight excluding hydrogens is 492 g/mol. The summed E-state index contributed by atoms with van der Waals surface area (Å²) in [6.07, 6.45) is 0. The summed E-state index contributed by atoms with van der Waals surface area (Å²) in [6.45, 7) is 7.69. The van der Waals surface area contributed by atoms with Crippen molar-refractivity contribution in [3.63, 3.8) is 0 Å². The molecule has 0 N–H and O–H groups in total. The maximum Gasteiger partial charge on any atom is 0.349 e. The molecule has 4 aromatic rings. The minimum absolute atomic E-state index is 0.174. The number of para-hydroxylation sites is 2. The summed E-state index contributed by atoms with van der Waals surface area (Å²) in [4.78, 5) is 24.5. The molecule has 0 aliphatic rings. The Balaban J connectivity index is 1.31. The van der Waals surface area contributed by atoms with E-state index in [1.165, 1.54) is 0 Å². The van der Waals surface area contributed by atoms with Crippen LogP contribution in [0.3, 0.4) is 0 Å². The van der Waals surface area contributed by atoms with Crippen LogP contribution < -0.4 is 18.9 Å². The molecule has 0 unspecified atom stereocenters. The van der Waals surface area contributed by atoms with Gasteiger partial charge in [0.25, 0.3) is 0 Å². The van der Waals surface area contributed by atoms with Crippen molar-refractivity contribution in [1.82, 2.24) is 0 Å². The number of benzene rings is 4. The Labute approximate surface area is 229 Å². The zero-order chi connectivity index (χ0) is 27.8. The van der Waals surface area contributed by atoms with E-state index in [0.717, 1.165) is 22.3 Å². The van der Waals surface area contributed by atoms with E-state index in [9.17, 15) is 9.59 Å². The molecule has 0 aliphatic heterocycles. The number of esters is 2. The first-order valence-electron chi connectivity index (χ1n) is 12.7. The number of ether oxygens (including phenoxy) is 4. The second-order valence-electron chi connectivity index (χ2n) is 9.73. The van der Waals surface area contributed by atoms with Gasteiger partial charge in [-0.2, -0.15) is 0 Å². The smallest absolute Gasteiger partial charge is 0.349 e. The van der Waals surface area contributed by atoms with E-state index in [2.05, 4.69) is 13.8 Å². The van der Waals surface area contributed by atoms with Crippen LogP contribution in [0.1, 0.15) is 36.1 Å². The zero-order valence-corrected chi connectivity index (χ0v) is 22.6. The molecule has 0 saturated carbocycles. The number of aryl methyl sites for hydroxylation is 2. The molecule has 0 saturated heterocycles. The lowest BCUT2D eigenvalue weighted by Gasteiger charge is -2.26. The van der Waals surface area contributed by atoms with E-state index < -0.39 is 11.9 Å². The van der Waals surface area contributed by atoms with Crippen molar-refractivity contribution >= 4 is 11.9 Å². The minimum atomic E-state index is -0.472. The lowest BCUT2D eigenvalue weighted by Crippen LogP contribution is -2.20. The van der Waals surface area contributed by atoms with Gasteiger partial charge in [-0.05, 0) is 72.5 Å². The molecule has 0 radical (unpaired) electrons. The van der Waals surface area contributed by atoms with Crippen LogP contribution in [-0.4, -0.2) is 25.2 Å². The third-order valence-electron chi connectivity index (χ3n) is 6.49. The third-order valence-corrected chi connectivity index (χ3v) is 6.49. The number of rotatable bonds is 10. The molecule has 0 spiro atoms. The van der Waals surface area contributed by atoms with Crippen molar-refractivity contribution in [1.29, 1.82) is 0 Å². The third kappa shape index (κ3) is 7.26. The standard InChI is InChI=1S/C33H32O6/c1-23-9-5-7-11-29(23)36-21-31(34)38-27-17-13-25(14-18-27)33(3,4)26-15-19-28(20-16-26)39-32(35)22-37-30-12-8-6-10-24(30)2/h5-20H,21-22H2,1-4H3. The largest absolute Gasteiger partial charge is 0.482 e. The normalized spacial score (nSPS) is 11.0. The van der Waals surface area contributed by atoms with E-state index >= 15 is 0 Å². The summed E-state index contributed by atoms with van der Waals surface area (Å²) < 4.78 is 22.0. The molecule has 4 aromatic carbocycles. The van der Waals surface area contributed by atoms with Crippen molar-refractivity contribution < 1.29 is 28.5 Å². The molecule has 0 bridgehead atoms. The van der Waals surface area contributed by atoms with Gasteiger partial charge in [0.1, 0.15) is 23.0 Å². The van der Waals surface area contributed by atoms with Crippen molar-refractivity contribution in [3.8, 4) is 23.0 Å². The van der Waals surface area contributed by atoms with E-state index in [1.807, 2.05) is 86.6 Å². The fourth-order valence-corrected chi connectivity index (χ4v) is 4.08. The number of hydrogen-bond acceptors (Lipinski definition) is 6. The molecule has 0 aliphatic carbocycles. The lowest BCUT2D eigenvalue weighted by atomic mass is 9.78. The Morgan fingerprint density at radius 3 is 1.28 bits per heavy atom. The van der Waals surface area contributed by atoms with Crippen LogP contribution >= 0.6 is 0 Å². The fraction of sp³-hybridized carbons (Fsp3) is 0.212. The minimum Gasteiger partial charge on any atom is -0.482 e. The average Bonchev–Trinajstić information content (AvgIpc) is 2.93. The molecule has 0 heterocycles. The summed E-state index contributed by atoms with van der Waals surface area (Å²) in [6, 6.07) is 29.8. The highest BCUT2D eigenvalue weighted by Gasteiger charge is 2.23. The van der Waals surface area contributed by atoms with E-state index in [0.29, 0.717) is 23.0 Å². The van der Waals surface area contributed by atoms with Crippen LogP contribution in [0, 0.1) is 13.8 Å². The summed E-state index contributed by atoms with van der Waals surface area (Å²) in [5, 5.41) is 0. The first-order chi connectivity index (χ1) is 18.7. The molecule has 0 atom stereocenters. The first-order valence-corrected chi connectivity index (χ1v) is 12.7. The lowest BCUT2D eigenvalue weighted by molar-refractivity contribution is -0.137. The molecule has 6 heteroatoms. The zero-order valence-electron chi connectivity index (χ0n) is 22.6. The SMILES string of the molecule is Cc1ccccc1OCC(=O)Oc1ccc(C(C)(C)c2ccc(OC(=O)COc3ccccc3C)cc2)cc1. The maximum absolute atomic E-state index is 12.2. The molecule has 39 heavy (non-hydrogen) atoms. The second-order valence-corrected chi connectivity index (χ2v) is 9.73. The van der Waals surface area contributed by atoms with Gasteiger partial charge < -0.3 is 18.9 Å². The Morgan fingerprint density at radius 2 is 0.923 bits per heavy atom. The topological polar surface area (TPSA) is 71.1 Å². The summed E-state index contributed by atoms with van der Waals surface area (Å²) >= 11 is 0. The molecule has 6 nitrogen and oxygen atoms in total. The average molecular weight is 525 g/mol. The number of hydrogen-bond donors (Lipinski definition) is 0. The quantitative estimate of drug-likeness (QED) is 0.172. The van der Waals surface area contributed by atoms with Crippen LogP contribution in [0.5, 0.6) is 23.0 Å². The highest BCUT2D eigenvalue weighted by Crippen LogP contribution is 2.33. The van der Waals surface area contributed by atoms with Crippen LogP contribution in [0.4, 0.5) is 0 Å². The Kier molecular flexibility index (Phi) is 8.67. The summed E-state index contributed by atoms with van der Waals surface area (Å²) in [7, 11) is 0. The van der Waals surface area contributed by atoms with Crippen molar-refractivity contribution in [2.75, 3.05) is 13.2 Å².